The molecule has 1 aliphatic rings. The number of aromatic nitrogens is 1. The molecular weight excluding hydrogens is 391 g/mol. The van der Waals surface area contributed by atoms with Crippen molar-refractivity contribution in [2.24, 2.45) is 0 Å². The topological polar surface area (TPSA) is 57.7 Å². The lowest BCUT2D eigenvalue weighted by Crippen LogP contribution is -2.39. The maximum Gasteiger partial charge on any atom is 0.234 e. The predicted molar refractivity (Wildman–Crippen MR) is 112 cm³/mol. The van der Waals surface area contributed by atoms with Gasteiger partial charge in [0.2, 0.25) is 5.91 Å². The molecular formula is C21H29FN4O2S. The van der Waals surface area contributed by atoms with E-state index in [1.807, 2.05) is 6.92 Å². The van der Waals surface area contributed by atoms with Crippen molar-refractivity contribution in [2.75, 3.05) is 39.8 Å². The molecule has 1 N–H and O–H groups in total. The molecule has 2 heterocycles. The van der Waals surface area contributed by atoms with E-state index in [1.165, 1.54) is 12.1 Å². The number of methoxy groups -OCH3 is 1. The lowest BCUT2D eigenvalue weighted by Gasteiger charge is -2.21. The Kier molecular flexibility index (Phi) is 8.11. The Hall–Kier alpha value is -1.87. The molecule has 29 heavy (non-hydrogen) atoms. The van der Waals surface area contributed by atoms with Crippen LogP contribution in [0.1, 0.15) is 35.7 Å². The Morgan fingerprint density at radius 3 is 2.72 bits per heavy atom. The first-order valence-electron chi connectivity index (χ1n) is 9.96. The van der Waals surface area contributed by atoms with Gasteiger partial charge in [0.1, 0.15) is 16.9 Å². The number of halogens is 1. The van der Waals surface area contributed by atoms with Crippen LogP contribution in [0.3, 0.4) is 0 Å². The molecule has 2 aromatic rings. The van der Waals surface area contributed by atoms with Gasteiger partial charge in [0.05, 0.1) is 12.2 Å². The fourth-order valence-corrected chi connectivity index (χ4v) is 4.16. The molecule has 1 amide bonds. The molecule has 1 saturated heterocycles. The molecule has 1 aliphatic heterocycles. The van der Waals surface area contributed by atoms with Crippen LogP contribution in [-0.4, -0.2) is 60.5 Å². The van der Waals surface area contributed by atoms with E-state index < -0.39 is 0 Å². The molecule has 0 bridgehead atoms. The fraction of sp³-hybridized carbons (Fsp3) is 0.524. The Balaban J connectivity index is 1.41. The van der Waals surface area contributed by atoms with Gasteiger partial charge in [-0.1, -0.05) is 12.1 Å². The highest BCUT2D eigenvalue weighted by Crippen LogP contribution is 2.21. The van der Waals surface area contributed by atoms with Crippen LogP contribution >= 0.6 is 11.3 Å². The first-order valence-corrected chi connectivity index (χ1v) is 10.8. The van der Waals surface area contributed by atoms with Gasteiger partial charge in [-0.15, -0.1) is 11.3 Å². The number of hydrogen-bond donors (Lipinski definition) is 1. The summed E-state index contributed by atoms with van der Waals surface area (Å²) in [4.78, 5) is 21.5. The number of ether oxygens (including phenoxy) is 1. The van der Waals surface area contributed by atoms with Crippen molar-refractivity contribution in [2.45, 2.75) is 32.5 Å². The Labute approximate surface area is 175 Å². The molecule has 1 aromatic heterocycles. The SMILES string of the molecule is CO[C@H](C)c1nc(CN2CCCN(CC(=O)NCc3ccc(F)cc3)CC2)cs1. The molecule has 0 radical (unpaired) electrons. The molecule has 158 valence electrons. The van der Waals surface area contributed by atoms with Gasteiger partial charge < -0.3 is 10.1 Å². The largest absolute Gasteiger partial charge is 0.375 e. The summed E-state index contributed by atoms with van der Waals surface area (Å²) in [6, 6.07) is 6.20. The quantitative estimate of drug-likeness (QED) is 0.712. The first-order chi connectivity index (χ1) is 14.0. The van der Waals surface area contributed by atoms with E-state index in [4.69, 9.17) is 4.74 Å². The van der Waals surface area contributed by atoms with E-state index in [2.05, 4.69) is 25.5 Å². The Bertz CT molecular complexity index is 783. The maximum absolute atomic E-state index is 12.9. The third-order valence-corrected chi connectivity index (χ3v) is 6.16. The lowest BCUT2D eigenvalue weighted by atomic mass is 10.2. The van der Waals surface area contributed by atoms with E-state index in [9.17, 15) is 9.18 Å². The van der Waals surface area contributed by atoms with Crippen LogP contribution in [0.2, 0.25) is 0 Å². The summed E-state index contributed by atoms with van der Waals surface area (Å²) < 4.78 is 18.3. The number of benzene rings is 1. The zero-order valence-electron chi connectivity index (χ0n) is 17.1. The minimum Gasteiger partial charge on any atom is -0.375 e. The Morgan fingerprint density at radius 2 is 1.97 bits per heavy atom. The van der Waals surface area contributed by atoms with Gasteiger partial charge in [-0.05, 0) is 44.1 Å². The van der Waals surface area contributed by atoms with E-state index in [0.717, 1.165) is 55.4 Å². The fourth-order valence-electron chi connectivity index (χ4n) is 3.31. The third kappa shape index (κ3) is 6.85. The van der Waals surface area contributed by atoms with Gasteiger partial charge in [-0.2, -0.15) is 0 Å². The molecule has 0 spiro atoms. The van der Waals surface area contributed by atoms with Gasteiger partial charge in [0, 0.05) is 38.7 Å². The Morgan fingerprint density at radius 1 is 1.24 bits per heavy atom. The minimum atomic E-state index is -0.267. The summed E-state index contributed by atoms with van der Waals surface area (Å²) in [5.74, 6) is -0.267. The highest BCUT2D eigenvalue weighted by Gasteiger charge is 2.18. The zero-order valence-corrected chi connectivity index (χ0v) is 17.9. The molecule has 0 aliphatic carbocycles. The molecule has 1 aromatic carbocycles. The van der Waals surface area contributed by atoms with Crippen LogP contribution < -0.4 is 5.32 Å². The van der Waals surface area contributed by atoms with Gasteiger partial charge in [0.25, 0.3) is 0 Å². The highest BCUT2D eigenvalue weighted by molar-refractivity contribution is 7.09. The van der Waals surface area contributed by atoms with Gasteiger partial charge in [0.15, 0.2) is 0 Å². The van der Waals surface area contributed by atoms with Crippen LogP contribution in [0, 0.1) is 5.82 Å². The molecule has 1 atom stereocenters. The number of thiazole rings is 1. The molecule has 0 saturated carbocycles. The highest BCUT2D eigenvalue weighted by atomic mass is 32.1. The van der Waals surface area contributed by atoms with Crippen molar-refractivity contribution in [3.05, 3.63) is 51.7 Å². The van der Waals surface area contributed by atoms with E-state index >= 15 is 0 Å². The van der Waals surface area contributed by atoms with Crippen molar-refractivity contribution < 1.29 is 13.9 Å². The second kappa shape index (κ2) is 10.8. The van der Waals surface area contributed by atoms with E-state index in [1.54, 1.807) is 30.6 Å². The van der Waals surface area contributed by atoms with Gasteiger partial charge in [-0.25, -0.2) is 9.37 Å². The molecule has 1 fully saturated rings. The number of nitrogens with zero attached hydrogens (tertiary/aromatic N) is 3. The average Bonchev–Trinajstić information content (AvgIpc) is 3.08. The van der Waals surface area contributed by atoms with E-state index in [-0.39, 0.29) is 17.8 Å². The van der Waals surface area contributed by atoms with Crippen molar-refractivity contribution in [3.63, 3.8) is 0 Å². The monoisotopic (exact) mass is 420 g/mol. The summed E-state index contributed by atoms with van der Waals surface area (Å²) in [6.07, 6.45) is 1.05. The summed E-state index contributed by atoms with van der Waals surface area (Å²) >= 11 is 1.64. The molecule has 8 heteroatoms. The number of amides is 1. The van der Waals surface area contributed by atoms with Gasteiger partial charge >= 0.3 is 0 Å². The summed E-state index contributed by atoms with van der Waals surface area (Å²) in [7, 11) is 1.70. The van der Waals surface area contributed by atoms with Crippen LogP contribution in [0.15, 0.2) is 29.6 Å². The second-order valence-corrected chi connectivity index (χ2v) is 8.25. The summed E-state index contributed by atoms with van der Waals surface area (Å²) in [5.41, 5.74) is 1.98. The van der Waals surface area contributed by atoms with Gasteiger partial charge in [-0.3, -0.25) is 14.6 Å². The second-order valence-electron chi connectivity index (χ2n) is 7.36. The van der Waals surface area contributed by atoms with Crippen LogP contribution in [0.5, 0.6) is 0 Å². The zero-order chi connectivity index (χ0) is 20.6. The summed E-state index contributed by atoms with van der Waals surface area (Å²) in [6.45, 7) is 7.33. The maximum atomic E-state index is 12.9. The molecule has 0 unspecified atom stereocenters. The van der Waals surface area contributed by atoms with Crippen molar-refractivity contribution >= 4 is 17.2 Å². The molecule has 3 rings (SSSR count). The van der Waals surface area contributed by atoms with Crippen LogP contribution in [0.25, 0.3) is 0 Å². The number of hydrogen-bond acceptors (Lipinski definition) is 6. The number of carbonyl (C=O) groups excluding carboxylic acids is 1. The smallest absolute Gasteiger partial charge is 0.234 e. The third-order valence-electron chi connectivity index (χ3n) is 5.11. The first kappa shape index (κ1) is 21.8. The van der Waals surface area contributed by atoms with Crippen LogP contribution in [0.4, 0.5) is 4.39 Å². The normalized spacial score (nSPS) is 17.1. The standard InChI is InChI=1S/C21H29FN4O2S/c1-16(28-2)21-24-19(15-29-21)13-25-8-3-9-26(11-10-25)14-20(27)23-12-17-4-6-18(22)7-5-17/h4-7,15-16H,3,8-14H2,1-2H3,(H,23,27)/t16-/m1/s1. The van der Waals surface area contributed by atoms with Crippen molar-refractivity contribution in [1.29, 1.82) is 0 Å². The van der Waals surface area contributed by atoms with Crippen molar-refractivity contribution in [1.82, 2.24) is 20.1 Å². The van der Waals surface area contributed by atoms with Crippen LogP contribution in [-0.2, 0) is 22.6 Å². The summed E-state index contributed by atoms with van der Waals surface area (Å²) in [5, 5.41) is 6.04. The van der Waals surface area contributed by atoms with E-state index in [0.29, 0.717) is 13.1 Å². The average molecular weight is 421 g/mol. The molecule has 6 nitrogen and oxygen atoms in total. The predicted octanol–water partition coefficient (Wildman–Crippen LogP) is 2.81. The lowest BCUT2D eigenvalue weighted by molar-refractivity contribution is -0.122. The number of rotatable bonds is 8. The van der Waals surface area contributed by atoms with Crippen molar-refractivity contribution in [3.8, 4) is 0 Å². The minimum absolute atomic E-state index is 0.000436. The number of nitrogens with one attached hydrogen (secondary N) is 1. The number of carbonyl (C=O) groups is 1.